The van der Waals surface area contributed by atoms with Crippen molar-refractivity contribution >= 4 is 28.6 Å². The number of para-hydroxylation sites is 1. The maximum atomic E-state index is 11.5. The molecule has 0 unspecified atom stereocenters. The fraction of sp³-hybridized carbons (Fsp3) is 0.385. The topological polar surface area (TPSA) is 44.1 Å². The molecule has 2 rings (SSSR count). The number of rotatable bonds is 4. The third-order valence-electron chi connectivity index (χ3n) is 2.88. The number of aromatic nitrogens is 2. The lowest BCUT2D eigenvalue weighted by atomic mass is 10.2. The van der Waals surface area contributed by atoms with Crippen LogP contribution >= 0.6 is 11.6 Å². The molecule has 0 aliphatic carbocycles. The largest absolute Gasteiger partial charge is 0.468 e. The Morgan fingerprint density at radius 1 is 1.50 bits per heavy atom. The second kappa shape index (κ2) is 5.40. The van der Waals surface area contributed by atoms with E-state index in [-0.39, 0.29) is 12.5 Å². The van der Waals surface area contributed by atoms with Gasteiger partial charge in [0, 0.05) is 12.3 Å². The summed E-state index contributed by atoms with van der Waals surface area (Å²) in [6, 6.07) is 5.90. The van der Waals surface area contributed by atoms with Crippen LogP contribution in [-0.4, -0.2) is 28.5 Å². The molecule has 0 atom stereocenters. The van der Waals surface area contributed by atoms with Crippen LogP contribution in [0.3, 0.4) is 0 Å². The first-order chi connectivity index (χ1) is 8.67. The van der Waals surface area contributed by atoms with Crippen molar-refractivity contribution in [2.75, 3.05) is 13.0 Å². The van der Waals surface area contributed by atoms with E-state index in [0.717, 1.165) is 22.4 Å². The number of imidazole rings is 1. The fourth-order valence-electron chi connectivity index (χ4n) is 2.05. The first-order valence-electron chi connectivity index (χ1n) is 5.75. The highest BCUT2D eigenvalue weighted by molar-refractivity contribution is 6.17. The number of alkyl halides is 1. The SMILES string of the molecule is COC(=O)Cn1c(CCCl)nc2cccc(C)c21. The van der Waals surface area contributed by atoms with E-state index < -0.39 is 0 Å². The van der Waals surface area contributed by atoms with Gasteiger partial charge < -0.3 is 9.30 Å². The first-order valence-corrected chi connectivity index (χ1v) is 6.28. The predicted octanol–water partition coefficient (Wildman–Crippen LogP) is 2.30. The number of methoxy groups -OCH3 is 1. The Balaban J connectivity index is 2.57. The van der Waals surface area contributed by atoms with Crippen molar-refractivity contribution in [3.05, 3.63) is 29.6 Å². The van der Waals surface area contributed by atoms with E-state index in [2.05, 4.69) is 4.98 Å². The molecule has 0 bridgehead atoms. The Morgan fingerprint density at radius 3 is 2.94 bits per heavy atom. The summed E-state index contributed by atoms with van der Waals surface area (Å²) in [7, 11) is 1.38. The molecule has 0 amide bonds. The zero-order chi connectivity index (χ0) is 13.1. The number of carbonyl (C=O) groups is 1. The highest BCUT2D eigenvalue weighted by atomic mass is 35.5. The van der Waals surface area contributed by atoms with Crippen LogP contribution in [0.15, 0.2) is 18.2 Å². The molecule has 0 fully saturated rings. The molecule has 5 heteroatoms. The van der Waals surface area contributed by atoms with Crippen molar-refractivity contribution in [1.82, 2.24) is 9.55 Å². The lowest BCUT2D eigenvalue weighted by molar-refractivity contribution is -0.141. The van der Waals surface area contributed by atoms with E-state index in [0.29, 0.717) is 12.3 Å². The Kier molecular flexibility index (Phi) is 3.87. The summed E-state index contributed by atoms with van der Waals surface area (Å²) >= 11 is 5.78. The van der Waals surface area contributed by atoms with E-state index >= 15 is 0 Å². The molecule has 0 spiro atoms. The smallest absolute Gasteiger partial charge is 0.325 e. The minimum atomic E-state index is -0.284. The summed E-state index contributed by atoms with van der Waals surface area (Å²) in [4.78, 5) is 16.0. The Hall–Kier alpha value is -1.55. The molecule has 0 aliphatic rings. The molecule has 0 saturated carbocycles. The average Bonchev–Trinajstić information content (AvgIpc) is 2.69. The van der Waals surface area contributed by atoms with Crippen molar-refractivity contribution in [2.24, 2.45) is 0 Å². The van der Waals surface area contributed by atoms with Crippen molar-refractivity contribution < 1.29 is 9.53 Å². The molecular weight excluding hydrogens is 252 g/mol. The van der Waals surface area contributed by atoms with Gasteiger partial charge in [-0.2, -0.15) is 0 Å². The van der Waals surface area contributed by atoms with Gasteiger partial charge in [0.05, 0.1) is 18.1 Å². The molecule has 0 saturated heterocycles. The Labute approximate surface area is 111 Å². The molecule has 0 radical (unpaired) electrons. The van der Waals surface area contributed by atoms with Gasteiger partial charge in [-0.05, 0) is 18.6 Å². The van der Waals surface area contributed by atoms with Gasteiger partial charge in [0.2, 0.25) is 0 Å². The van der Waals surface area contributed by atoms with Gasteiger partial charge >= 0.3 is 5.97 Å². The van der Waals surface area contributed by atoms with Crippen LogP contribution in [-0.2, 0) is 22.5 Å². The lowest BCUT2D eigenvalue weighted by Crippen LogP contribution is -2.14. The molecular formula is C13H15ClN2O2. The normalized spacial score (nSPS) is 10.8. The van der Waals surface area contributed by atoms with Crippen molar-refractivity contribution in [3.8, 4) is 0 Å². The number of esters is 1. The summed E-state index contributed by atoms with van der Waals surface area (Å²) in [5, 5.41) is 0. The molecule has 2 aromatic rings. The van der Waals surface area contributed by atoms with E-state index in [4.69, 9.17) is 16.3 Å². The van der Waals surface area contributed by atoms with Crippen molar-refractivity contribution in [1.29, 1.82) is 0 Å². The van der Waals surface area contributed by atoms with Gasteiger partial charge in [-0.3, -0.25) is 4.79 Å². The second-order valence-electron chi connectivity index (χ2n) is 4.07. The monoisotopic (exact) mass is 266 g/mol. The van der Waals surface area contributed by atoms with Gasteiger partial charge in [-0.1, -0.05) is 12.1 Å². The Morgan fingerprint density at radius 2 is 2.28 bits per heavy atom. The number of ether oxygens (including phenoxy) is 1. The molecule has 0 aliphatic heterocycles. The molecule has 4 nitrogen and oxygen atoms in total. The number of hydrogen-bond donors (Lipinski definition) is 0. The highest BCUT2D eigenvalue weighted by Gasteiger charge is 2.14. The van der Waals surface area contributed by atoms with Gasteiger partial charge in [0.25, 0.3) is 0 Å². The maximum Gasteiger partial charge on any atom is 0.325 e. The van der Waals surface area contributed by atoms with Crippen LogP contribution in [0.2, 0.25) is 0 Å². The quantitative estimate of drug-likeness (QED) is 0.630. The third kappa shape index (κ3) is 2.34. The molecule has 1 heterocycles. The zero-order valence-corrected chi connectivity index (χ0v) is 11.2. The molecule has 0 N–H and O–H groups in total. The highest BCUT2D eigenvalue weighted by Crippen LogP contribution is 2.20. The summed E-state index contributed by atoms with van der Waals surface area (Å²) < 4.78 is 6.61. The summed E-state index contributed by atoms with van der Waals surface area (Å²) in [6.07, 6.45) is 0.632. The summed E-state index contributed by atoms with van der Waals surface area (Å²) in [5.74, 6) is 1.01. The fourth-order valence-corrected chi connectivity index (χ4v) is 2.22. The molecule has 96 valence electrons. The summed E-state index contributed by atoms with van der Waals surface area (Å²) in [5.41, 5.74) is 2.95. The van der Waals surface area contributed by atoms with Gasteiger partial charge in [-0.25, -0.2) is 4.98 Å². The number of hydrogen-bond acceptors (Lipinski definition) is 3. The van der Waals surface area contributed by atoms with Crippen LogP contribution in [0.5, 0.6) is 0 Å². The third-order valence-corrected chi connectivity index (χ3v) is 3.07. The van der Waals surface area contributed by atoms with Crippen molar-refractivity contribution in [2.45, 2.75) is 19.9 Å². The number of benzene rings is 1. The average molecular weight is 267 g/mol. The van der Waals surface area contributed by atoms with Crippen LogP contribution in [0, 0.1) is 6.92 Å². The van der Waals surface area contributed by atoms with Crippen LogP contribution < -0.4 is 0 Å². The second-order valence-corrected chi connectivity index (χ2v) is 4.45. The minimum Gasteiger partial charge on any atom is -0.468 e. The predicted molar refractivity (Wildman–Crippen MR) is 70.9 cm³/mol. The number of aryl methyl sites for hydroxylation is 2. The minimum absolute atomic E-state index is 0.171. The molecule has 1 aromatic carbocycles. The van der Waals surface area contributed by atoms with Crippen LogP contribution in [0.25, 0.3) is 11.0 Å². The van der Waals surface area contributed by atoms with E-state index in [1.165, 1.54) is 7.11 Å². The zero-order valence-electron chi connectivity index (χ0n) is 10.4. The standard InChI is InChI=1S/C13H15ClN2O2/c1-9-4-3-5-10-13(9)16(8-12(17)18-2)11(15-10)6-7-14/h3-5H,6-8H2,1-2H3. The van der Waals surface area contributed by atoms with E-state index in [1.54, 1.807) is 0 Å². The number of carbonyl (C=O) groups excluding carboxylic acids is 1. The lowest BCUT2D eigenvalue weighted by Gasteiger charge is -2.08. The maximum absolute atomic E-state index is 11.5. The Bertz CT molecular complexity index is 578. The van der Waals surface area contributed by atoms with Gasteiger partial charge in [0.1, 0.15) is 12.4 Å². The number of fused-ring (bicyclic) bond motifs is 1. The molecule has 18 heavy (non-hydrogen) atoms. The molecule has 1 aromatic heterocycles. The van der Waals surface area contributed by atoms with E-state index in [1.807, 2.05) is 29.7 Å². The number of halogens is 1. The first kappa shape index (κ1) is 12.9. The van der Waals surface area contributed by atoms with Crippen LogP contribution in [0.1, 0.15) is 11.4 Å². The van der Waals surface area contributed by atoms with Gasteiger partial charge in [0.15, 0.2) is 0 Å². The van der Waals surface area contributed by atoms with Crippen molar-refractivity contribution in [3.63, 3.8) is 0 Å². The van der Waals surface area contributed by atoms with E-state index in [9.17, 15) is 4.79 Å². The number of nitrogens with zero attached hydrogens (tertiary/aromatic N) is 2. The summed E-state index contributed by atoms with van der Waals surface area (Å²) in [6.45, 7) is 2.17. The van der Waals surface area contributed by atoms with Crippen LogP contribution in [0.4, 0.5) is 0 Å². The van der Waals surface area contributed by atoms with Gasteiger partial charge in [-0.15, -0.1) is 11.6 Å².